The predicted molar refractivity (Wildman–Crippen MR) is 88.4 cm³/mol. The first kappa shape index (κ1) is 15.9. The molecule has 0 saturated carbocycles. The van der Waals surface area contributed by atoms with E-state index < -0.39 is 0 Å². The normalized spacial score (nSPS) is 11.1. The van der Waals surface area contributed by atoms with Gasteiger partial charge in [-0.05, 0) is 63.9 Å². The van der Waals surface area contributed by atoms with Crippen LogP contribution < -0.4 is 10.6 Å². The van der Waals surface area contributed by atoms with Crippen LogP contribution in [0.4, 0.5) is 11.5 Å². The fourth-order valence-electron chi connectivity index (χ4n) is 1.93. The first-order valence-electron chi connectivity index (χ1n) is 7.25. The molecule has 0 fully saturated rings. The largest absolute Gasteiger partial charge is 0.346 e. The van der Waals surface area contributed by atoms with Gasteiger partial charge < -0.3 is 10.6 Å². The number of anilines is 2. The molecule has 0 aliphatic heterocycles. The minimum Gasteiger partial charge on any atom is -0.346 e. The van der Waals surface area contributed by atoms with Crippen LogP contribution in [0.25, 0.3) is 0 Å². The zero-order valence-corrected chi connectivity index (χ0v) is 13.7. The predicted octanol–water partition coefficient (Wildman–Crippen LogP) is 3.37. The Labute approximate surface area is 131 Å². The number of rotatable bonds is 3. The van der Waals surface area contributed by atoms with Gasteiger partial charge in [0.2, 0.25) is 0 Å². The Morgan fingerprint density at radius 3 is 2.36 bits per heavy atom. The number of nitrogens with zero attached hydrogens (tertiary/aromatic N) is 2. The molecule has 0 bridgehead atoms. The van der Waals surface area contributed by atoms with Gasteiger partial charge in [-0.2, -0.15) is 0 Å². The van der Waals surface area contributed by atoms with Crippen LogP contribution >= 0.6 is 0 Å². The Morgan fingerprint density at radius 1 is 1.05 bits per heavy atom. The molecule has 0 unspecified atom stereocenters. The van der Waals surface area contributed by atoms with Gasteiger partial charge in [-0.15, -0.1) is 10.2 Å². The summed E-state index contributed by atoms with van der Waals surface area (Å²) in [5.41, 5.74) is 3.29. The highest BCUT2D eigenvalue weighted by molar-refractivity contribution is 5.92. The average Bonchev–Trinajstić information content (AvgIpc) is 2.42. The summed E-state index contributed by atoms with van der Waals surface area (Å²) >= 11 is 0. The lowest BCUT2D eigenvalue weighted by molar-refractivity contribution is 0.0913. The Kier molecular flexibility index (Phi) is 4.45. The maximum absolute atomic E-state index is 12.0. The minimum atomic E-state index is -0.297. The number of hydrogen-bond acceptors (Lipinski definition) is 4. The highest BCUT2D eigenvalue weighted by Gasteiger charge is 2.16. The number of nitrogens with one attached hydrogen (secondary N) is 2. The van der Waals surface area contributed by atoms with E-state index in [4.69, 9.17) is 0 Å². The lowest BCUT2D eigenvalue weighted by Crippen LogP contribution is -2.41. The Hall–Kier alpha value is -2.43. The molecule has 0 aliphatic carbocycles. The quantitative estimate of drug-likeness (QED) is 0.911. The van der Waals surface area contributed by atoms with Gasteiger partial charge in [0.1, 0.15) is 0 Å². The Bertz CT molecular complexity index is 672. The van der Waals surface area contributed by atoms with E-state index in [-0.39, 0.29) is 11.4 Å². The molecule has 0 atom stereocenters. The summed E-state index contributed by atoms with van der Waals surface area (Å²) < 4.78 is 0. The molecular weight excluding hydrogens is 276 g/mol. The minimum absolute atomic E-state index is 0.224. The number of benzene rings is 1. The van der Waals surface area contributed by atoms with Gasteiger partial charge in [0, 0.05) is 11.2 Å². The molecule has 5 nitrogen and oxygen atoms in total. The smallest absolute Gasteiger partial charge is 0.272 e. The van der Waals surface area contributed by atoms with Crippen molar-refractivity contribution in [3.8, 4) is 0 Å². The van der Waals surface area contributed by atoms with Gasteiger partial charge in [0.15, 0.2) is 11.5 Å². The first-order chi connectivity index (χ1) is 10.2. The van der Waals surface area contributed by atoms with E-state index in [0.29, 0.717) is 11.5 Å². The maximum Gasteiger partial charge on any atom is 0.272 e. The third-order valence-electron chi connectivity index (χ3n) is 3.04. The summed E-state index contributed by atoms with van der Waals surface area (Å²) in [5.74, 6) is 0.388. The number of carbonyl (C=O) groups is 1. The van der Waals surface area contributed by atoms with E-state index in [1.165, 1.54) is 5.56 Å². The monoisotopic (exact) mass is 298 g/mol. The molecule has 5 heteroatoms. The molecule has 2 rings (SSSR count). The van der Waals surface area contributed by atoms with Crippen molar-refractivity contribution < 1.29 is 4.79 Å². The molecule has 2 aromatic rings. The van der Waals surface area contributed by atoms with Crippen molar-refractivity contribution in [2.45, 2.75) is 40.2 Å². The average molecular weight is 298 g/mol. The van der Waals surface area contributed by atoms with Crippen molar-refractivity contribution in [1.29, 1.82) is 0 Å². The van der Waals surface area contributed by atoms with Crippen LogP contribution in [0.3, 0.4) is 0 Å². The zero-order chi connectivity index (χ0) is 16.3. The summed E-state index contributed by atoms with van der Waals surface area (Å²) in [6.45, 7) is 9.84. The fourth-order valence-corrected chi connectivity index (χ4v) is 1.93. The Balaban J connectivity index is 2.12. The fraction of sp³-hybridized carbons (Fsp3) is 0.353. The zero-order valence-electron chi connectivity index (χ0n) is 13.7. The lowest BCUT2D eigenvalue weighted by atomic mass is 10.1. The SMILES string of the molecule is Cc1ccc(C)c(Nc2ccc(C(=O)NC(C)(C)C)nn2)c1. The molecule has 0 saturated heterocycles. The van der Waals surface area contributed by atoms with Crippen molar-refractivity contribution in [3.63, 3.8) is 0 Å². The molecule has 0 aliphatic rings. The number of hydrogen-bond donors (Lipinski definition) is 2. The van der Waals surface area contributed by atoms with E-state index >= 15 is 0 Å². The summed E-state index contributed by atoms with van der Waals surface area (Å²) in [5, 5.41) is 14.1. The summed E-state index contributed by atoms with van der Waals surface area (Å²) in [6.07, 6.45) is 0. The molecule has 0 spiro atoms. The third kappa shape index (κ3) is 4.28. The van der Waals surface area contributed by atoms with Crippen LogP contribution in [0.15, 0.2) is 30.3 Å². The van der Waals surface area contributed by atoms with Crippen LogP contribution in [-0.4, -0.2) is 21.6 Å². The van der Waals surface area contributed by atoms with Gasteiger partial charge in [-0.3, -0.25) is 4.79 Å². The van der Waals surface area contributed by atoms with Crippen LogP contribution in [-0.2, 0) is 0 Å². The van der Waals surface area contributed by atoms with E-state index in [1.807, 2.05) is 34.6 Å². The maximum atomic E-state index is 12.0. The number of aromatic nitrogens is 2. The van der Waals surface area contributed by atoms with Gasteiger partial charge in [-0.1, -0.05) is 12.1 Å². The van der Waals surface area contributed by atoms with E-state index in [9.17, 15) is 4.79 Å². The van der Waals surface area contributed by atoms with Crippen molar-refractivity contribution in [1.82, 2.24) is 15.5 Å². The molecule has 1 aromatic heterocycles. The van der Waals surface area contributed by atoms with Gasteiger partial charge in [0.25, 0.3) is 5.91 Å². The van der Waals surface area contributed by atoms with Crippen molar-refractivity contribution >= 4 is 17.4 Å². The second-order valence-electron chi connectivity index (χ2n) is 6.45. The Morgan fingerprint density at radius 2 is 1.77 bits per heavy atom. The molecule has 2 N–H and O–H groups in total. The first-order valence-corrected chi connectivity index (χ1v) is 7.25. The van der Waals surface area contributed by atoms with Gasteiger partial charge in [0.05, 0.1) is 0 Å². The molecule has 116 valence electrons. The highest BCUT2D eigenvalue weighted by atomic mass is 16.2. The molecular formula is C17H22N4O. The topological polar surface area (TPSA) is 66.9 Å². The van der Waals surface area contributed by atoms with Crippen LogP contribution in [0.2, 0.25) is 0 Å². The van der Waals surface area contributed by atoms with Crippen LogP contribution in [0, 0.1) is 13.8 Å². The number of aryl methyl sites for hydroxylation is 2. The summed E-state index contributed by atoms with van der Waals surface area (Å²) in [4.78, 5) is 12.0. The highest BCUT2D eigenvalue weighted by Crippen LogP contribution is 2.20. The molecule has 1 amide bonds. The number of amides is 1. The van der Waals surface area contributed by atoms with E-state index in [0.717, 1.165) is 11.3 Å². The molecule has 22 heavy (non-hydrogen) atoms. The van der Waals surface area contributed by atoms with Gasteiger partial charge in [-0.25, -0.2) is 0 Å². The van der Waals surface area contributed by atoms with Crippen molar-refractivity contribution in [2.75, 3.05) is 5.32 Å². The molecule has 1 aromatic carbocycles. The van der Waals surface area contributed by atoms with E-state index in [2.05, 4.69) is 39.0 Å². The molecule has 1 heterocycles. The van der Waals surface area contributed by atoms with Crippen molar-refractivity contribution in [3.05, 3.63) is 47.2 Å². The van der Waals surface area contributed by atoms with E-state index in [1.54, 1.807) is 12.1 Å². The van der Waals surface area contributed by atoms with Crippen LogP contribution in [0.5, 0.6) is 0 Å². The van der Waals surface area contributed by atoms with Crippen molar-refractivity contribution in [2.24, 2.45) is 0 Å². The standard InChI is InChI=1S/C17H22N4O/c1-11-6-7-12(2)14(10-11)18-15-9-8-13(20-21-15)16(22)19-17(3,4)5/h6-10H,1-5H3,(H,18,21)(H,19,22). The summed E-state index contributed by atoms with van der Waals surface area (Å²) in [7, 11) is 0. The van der Waals surface area contributed by atoms with Crippen LogP contribution in [0.1, 0.15) is 42.4 Å². The lowest BCUT2D eigenvalue weighted by Gasteiger charge is -2.19. The van der Waals surface area contributed by atoms with Gasteiger partial charge >= 0.3 is 0 Å². The summed E-state index contributed by atoms with van der Waals surface area (Å²) in [6, 6.07) is 9.59. The molecule has 0 radical (unpaired) electrons. The third-order valence-corrected chi connectivity index (χ3v) is 3.04. The second kappa shape index (κ2) is 6.13. The number of carbonyl (C=O) groups excluding carboxylic acids is 1. The second-order valence-corrected chi connectivity index (χ2v) is 6.45.